The van der Waals surface area contributed by atoms with Crippen molar-refractivity contribution in [3.05, 3.63) is 6.33 Å². The van der Waals surface area contributed by atoms with Crippen molar-refractivity contribution in [2.75, 3.05) is 18.8 Å². The van der Waals surface area contributed by atoms with Crippen LogP contribution < -0.4 is 0 Å². The molecule has 1 atom stereocenters. The Balaban J connectivity index is 1.54. The van der Waals surface area contributed by atoms with E-state index in [0.29, 0.717) is 31.3 Å². The summed E-state index contributed by atoms with van der Waals surface area (Å²) in [6.45, 7) is 1.13. The van der Waals surface area contributed by atoms with E-state index in [2.05, 4.69) is 14.8 Å². The molecule has 2 aliphatic rings. The minimum Gasteiger partial charge on any atom is -0.391 e. The zero-order valence-electron chi connectivity index (χ0n) is 10.0. The van der Waals surface area contributed by atoms with Crippen LogP contribution in [0.5, 0.6) is 0 Å². The summed E-state index contributed by atoms with van der Waals surface area (Å²) in [7, 11) is 0. The van der Waals surface area contributed by atoms with Gasteiger partial charge >= 0.3 is 0 Å². The van der Waals surface area contributed by atoms with Crippen molar-refractivity contribution in [1.82, 2.24) is 19.7 Å². The molecule has 98 valence electrons. The minimum absolute atomic E-state index is 0.0712. The van der Waals surface area contributed by atoms with Gasteiger partial charge in [-0.05, 0) is 19.3 Å². The lowest BCUT2D eigenvalue weighted by atomic mass is 10.3. The van der Waals surface area contributed by atoms with Crippen LogP contribution in [0.4, 0.5) is 0 Å². The number of likely N-dealkylation sites (tertiary alicyclic amines) is 1. The van der Waals surface area contributed by atoms with Gasteiger partial charge in [-0.25, -0.2) is 0 Å². The Hall–Kier alpha value is -1.08. The largest absolute Gasteiger partial charge is 0.391 e. The predicted molar refractivity (Wildman–Crippen MR) is 66.2 cm³/mol. The smallest absolute Gasteiger partial charge is 0.233 e. The van der Waals surface area contributed by atoms with Crippen molar-refractivity contribution >= 4 is 17.7 Å². The Morgan fingerprint density at radius 2 is 2.33 bits per heavy atom. The van der Waals surface area contributed by atoms with Gasteiger partial charge in [0, 0.05) is 19.1 Å². The number of rotatable bonds is 4. The summed E-state index contributed by atoms with van der Waals surface area (Å²) in [5.74, 6) is 0.444. The van der Waals surface area contributed by atoms with Crippen molar-refractivity contribution < 1.29 is 9.90 Å². The van der Waals surface area contributed by atoms with Gasteiger partial charge in [-0.15, -0.1) is 10.2 Å². The molecule has 2 heterocycles. The Morgan fingerprint density at radius 1 is 1.50 bits per heavy atom. The molecule has 1 amide bonds. The van der Waals surface area contributed by atoms with Gasteiger partial charge in [0.05, 0.1) is 11.9 Å². The molecule has 1 aromatic heterocycles. The van der Waals surface area contributed by atoms with Gasteiger partial charge in [0.25, 0.3) is 0 Å². The molecule has 2 fully saturated rings. The summed E-state index contributed by atoms with van der Waals surface area (Å²) in [6.07, 6.45) is 4.43. The highest BCUT2D eigenvalue weighted by Gasteiger charge is 2.28. The number of carbonyl (C=O) groups excluding carboxylic acids is 1. The van der Waals surface area contributed by atoms with Gasteiger partial charge in [-0.3, -0.25) is 4.79 Å². The minimum atomic E-state index is -0.353. The normalized spacial score (nSPS) is 23.6. The maximum absolute atomic E-state index is 11.9. The van der Waals surface area contributed by atoms with Gasteiger partial charge in [-0.1, -0.05) is 11.8 Å². The fourth-order valence-corrected chi connectivity index (χ4v) is 3.01. The Bertz CT molecular complexity index is 446. The molecule has 18 heavy (non-hydrogen) atoms. The Labute approximate surface area is 109 Å². The number of carbonyl (C=O) groups is 1. The van der Waals surface area contributed by atoms with Gasteiger partial charge in [0.1, 0.15) is 6.33 Å². The number of thioether (sulfide) groups is 1. The number of aliphatic hydroxyl groups is 1. The second kappa shape index (κ2) is 4.89. The van der Waals surface area contributed by atoms with Crippen LogP contribution in [-0.2, 0) is 4.79 Å². The zero-order valence-corrected chi connectivity index (χ0v) is 10.8. The van der Waals surface area contributed by atoms with E-state index < -0.39 is 0 Å². The van der Waals surface area contributed by atoms with E-state index in [9.17, 15) is 9.90 Å². The molecule has 1 saturated carbocycles. The molecular weight excluding hydrogens is 252 g/mol. The first-order valence-corrected chi connectivity index (χ1v) is 7.21. The monoisotopic (exact) mass is 268 g/mol. The molecule has 1 aliphatic heterocycles. The number of β-amino-alcohol motifs (C(OH)–C–C–N with tert-alkyl or cyclic N) is 1. The first-order chi connectivity index (χ1) is 8.74. The number of hydrogen-bond donors (Lipinski definition) is 1. The highest BCUT2D eigenvalue weighted by Crippen LogP contribution is 2.37. The quantitative estimate of drug-likeness (QED) is 0.795. The van der Waals surface area contributed by atoms with E-state index >= 15 is 0 Å². The molecule has 7 heteroatoms. The number of amides is 1. The molecule has 0 radical (unpaired) electrons. The molecule has 1 aromatic rings. The molecule has 1 saturated heterocycles. The van der Waals surface area contributed by atoms with Crippen molar-refractivity contribution in [2.24, 2.45) is 0 Å². The fraction of sp³-hybridized carbons (Fsp3) is 0.727. The average Bonchev–Trinajstić information content (AvgIpc) is 2.94. The maximum Gasteiger partial charge on any atom is 0.233 e. The molecule has 1 unspecified atom stereocenters. The third-order valence-corrected chi connectivity index (χ3v) is 4.26. The van der Waals surface area contributed by atoms with E-state index in [4.69, 9.17) is 0 Å². The van der Waals surface area contributed by atoms with E-state index in [-0.39, 0.29) is 12.0 Å². The summed E-state index contributed by atoms with van der Waals surface area (Å²) >= 11 is 1.43. The van der Waals surface area contributed by atoms with Crippen LogP contribution in [0.1, 0.15) is 25.3 Å². The standard InChI is InChI=1S/C11H16N4O2S/c16-9-3-4-14(5-9)10(17)6-18-11-13-12-7-15(11)8-1-2-8/h7-9,16H,1-6H2. The van der Waals surface area contributed by atoms with Crippen LogP contribution >= 0.6 is 11.8 Å². The fourth-order valence-electron chi connectivity index (χ4n) is 2.12. The van der Waals surface area contributed by atoms with E-state index in [1.807, 2.05) is 0 Å². The molecule has 0 spiro atoms. The maximum atomic E-state index is 11.9. The lowest BCUT2D eigenvalue weighted by Crippen LogP contribution is -2.31. The highest BCUT2D eigenvalue weighted by atomic mass is 32.2. The topological polar surface area (TPSA) is 71.2 Å². The van der Waals surface area contributed by atoms with Crippen LogP contribution in [0.2, 0.25) is 0 Å². The second-order valence-corrected chi connectivity index (χ2v) is 5.77. The van der Waals surface area contributed by atoms with Crippen LogP contribution in [0.25, 0.3) is 0 Å². The summed E-state index contributed by atoms with van der Waals surface area (Å²) in [6, 6.07) is 0.534. The number of hydrogen-bond acceptors (Lipinski definition) is 5. The van der Waals surface area contributed by atoms with Gasteiger partial charge in [-0.2, -0.15) is 0 Å². The summed E-state index contributed by atoms with van der Waals surface area (Å²) < 4.78 is 2.05. The van der Waals surface area contributed by atoms with E-state index in [0.717, 1.165) is 5.16 Å². The molecule has 6 nitrogen and oxygen atoms in total. The molecule has 1 aliphatic carbocycles. The molecular formula is C11H16N4O2S. The first-order valence-electron chi connectivity index (χ1n) is 6.22. The van der Waals surface area contributed by atoms with Gasteiger partial charge in [0.2, 0.25) is 5.91 Å². The zero-order chi connectivity index (χ0) is 12.5. The Kier molecular flexibility index (Phi) is 3.25. The van der Waals surface area contributed by atoms with Crippen LogP contribution in [0.15, 0.2) is 11.5 Å². The third kappa shape index (κ3) is 2.51. The summed E-state index contributed by atoms with van der Waals surface area (Å²) in [5, 5.41) is 18.2. The van der Waals surface area contributed by atoms with Crippen LogP contribution in [0, 0.1) is 0 Å². The molecule has 1 N–H and O–H groups in total. The highest BCUT2D eigenvalue weighted by molar-refractivity contribution is 7.99. The van der Waals surface area contributed by atoms with Crippen LogP contribution in [0.3, 0.4) is 0 Å². The van der Waals surface area contributed by atoms with Gasteiger partial charge in [0.15, 0.2) is 5.16 Å². The van der Waals surface area contributed by atoms with Crippen molar-refractivity contribution in [1.29, 1.82) is 0 Å². The van der Waals surface area contributed by atoms with E-state index in [1.54, 1.807) is 11.2 Å². The molecule has 3 rings (SSSR count). The summed E-state index contributed by atoms with van der Waals surface area (Å²) in [4.78, 5) is 13.6. The van der Waals surface area contributed by atoms with Crippen molar-refractivity contribution in [3.8, 4) is 0 Å². The van der Waals surface area contributed by atoms with Gasteiger partial charge < -0.3 is 14.6 Å². The Morgan fingerprint density at radius 3 is 3.00 bits per heavy atom. The second-order valence-electron chi connectivity index (χ2n) is 4.82. The number of nitrogens with zero attached hydrogens (tertiary/aromatic N) is 4. The van der Waals surface area contributed by atoms with Crippen molar-refractivity contribution in [3.63, 3.8) is 0 Å². The van der Waals surface area contributed by atoms with Crippen LogP contribution in [-0.4, -0.2) is 55.6 Å². The van der Waals surface area contributed by atoms with Crippen molar-refractivity contribution in [2.45, 2.75) is 36.6 Å². The van der Waals surface area contributed by atoms with E-state index in [1.165, 1.54) is 24.6 Å². The third-order valence-electron chi connectivity index (χ3n) is 3.32. The lowest BCUT2D eigenvalue weighted by Gasteiger charge is -2.14. The number of aromatic nitrogens is 3. The summed E-state index contributed by atoms with van der Waals surface area (Å²) in [5.41, 5.74) is 0. The molecule has 0 bridgehead atoms. The average molecular weight is 268 g/mol. The predicted octanol–water partition coefficient (Wildman–Crippen LogP) is 0.298. The SMILES string of the molecule is O=C(CSc1nncn1C1CC1)N1CCC(O)C1. The molecule has 0 aromatic carbocycles. The first kappa shape index (κ1) is 12.0. The number of aliphatic hydroxyl groups excluding tert-OH is 1. The lowest BCUT2D eigenvalue weighted by molar-refractivity contribution is -0.127.